The molecule has 1 aromatic carbocycles. The van der Waals surface area contributed by atoms with Gasteiger partial charge in [0.15, 0.2) is 0 Å². The van der Waals surface area contributed by atoms with Crippen LogP contribution in [0.15, 0.2) is 18.2 Å². The van der Waals surface area contributed by atoms with E-state index in [0.717, 1.165) is 37.6 Å². The van der Waals surface area contributed by atoms with Gasteiger partial charge in [-0.25, -0.2) is 0 Å². The van der Waals surface area contributed by atoms with Crippen molar-refractivity contribution in [1.82, 2.24) is 5.32 Å². The second kappa shape index (κ2) is 8.44. The van der Waals surface area contributed by atoms with Crippen LogP contribution in [0.25, 0.3) is 0 Å². The van der Waals surface area contributed by atoms with Gasteiger partial charge in [-0.3, -0.25) is 0 Å². The number of nitrogens with one attached hydrogen (secondary N) is 1. The summed E-state index contributed by atoms with van der Waals surface area (Å²) < 4.78 is 0. The first-order valence-electron chi connectivity index (χ1n) is 7.32. The van der Waals surface area contributed by atoms with Crippen LogP contribution in [0.3, 0.4) is 0 Å². The molecule has 19 heavy (non-hydrogen) atoms. The molecule has 0 aliphatic rings. The van der Waals surface area contributed by atoms with Crippen LogP contribution in [0.1, 0.15) is 39.7 Å². The highest BCUT2D eigenvalue weighted by atomic mass is 35.5. The normalized spacial score (nSPS) is 11.1. The van der Waals surface area contributed by atoms with Crippen LogP contribution in [-0.2, 0) is 6.54 Å². The number of halogens is 1. The quantitative estimate of drug-likeness (QED) is 0.764. The van der Waals surface area contributed by atoms with Gasteiger partial charge in [-0.15, -0.1) is 0 Å². The van der Waals surface area contributed by atoms with E-state index in [-0.39, 0.29) is 0 Å². The van der Waals surface area contributed by atoms with Crippen molar-refractivity contribution in [2.45, 2.75) is 40.7 Å². The molecule has 0 saturated heterocycles. The zero-order chi connectivity index (χ0) is 14.3. The Bertz CT molecular complexity index is 377. The third kappa shape index (κ3) is 5.42. The van der Waals surface area contributed by atoms with Gasteiger partial charge >= 0.3 is 0 Å². The van der Waals surface area contributed by atoms with Gasteiger partial charge in [0.05, 0.1) is 0 Å². The molecule has 0 heterocycles. The highest BCUT2D eigenvalue weighted by Gasteiger charge is 2.07. The molecule has 0 bridgehead atoms. The summed E-state index contributed by atoms with van der Waals surface area (Å²) in [4.78, 5) is 2.36. The Morgan fingerprint density at radius 3 is 2.53 bits per heavy atom. The summed E-state index contributed by atoms with van der Waals surface area (Å²) in [5.74, 6) is 0.665. The lowest BCUT2D eigenvalue weighted by Crippen LogP contribution is -2.23. The second-order valence-corrected chi connectivity index (χ2v) is 5.79. The Morgan fingerprint density at radius 1 is 1.26 bits per heavy atom. The molecule has 0 unspecified atom stereocenters. The number of nitrogens with zero attached hydrogens (tertiary/aromatic N) is 1. The third-order valence-electron chi connectivity index (χ3n) is 3.15. The largest absolute Gasteiger partial charge is 0.372 e. The van der Waals surface area contributed by atoms with E-state index in [0.29, 0.717) is 5.92 Å². The molecule has 0 atom stereocenters. The van der Waals surface area contributed by atoms with Crippen molar-refractivity contribution in [3.63, 3.8) is 0 Å². The van der Waals surface area contributed by atoms with Crippen molar-refractivity contribution >= 4 is 17.3 Å². The van der Waals surface area contributed by atoms with Crippen molar-refractivity contribution in [2.24, 2.45) is 5.92 Å². The standard InChI is InChI=1S/C16H27ClN2/c1-5-9-19(6-2)15-8-7-14(16(17)10-15)12-18-11-13(3)4/h7-8,10,13,18H,5-6,9,11-12H2,1-4H3. The highest BCUT2D eigenvalue weighted by molar-refractivity contribution is 6.31. The Balaban J connectivity index is 2.68. The molecule has 1 N–H and O–H groups in total. The van der Waals surface area contributed by atoms with Gasteiger partial charge in [0, 0.05) is 30.3 Å². The van der Waals surface area contributed by atoms with Crippen molar-refractivity contribution in [2.75, 3.05) is 24.5 Å². The number of hydrogen-bond acceptors (Lipinski definition) is 2. The Hall–Kier alpha value is -0.730. The molecule has 1 aromatic rings. The lowest BCUT2D eigenvalue weighted by Gasteiger charge is -2.23. The third-order valence-corrected chi connectivity index (χ3v) is 3.50. The van der Waals surface area contributed by atoms with E-state index in [9.17, 15) is 0 Å². The Morgan fingerprint density at radius 2 is 2.00 bits per heavy atom. The summed E-state index contributed by atoms with van der Waals surface area (Å²) >= 11 is 6.38. The molecule has 108 valence electrons. The molecule has 0 radical (unpaired) electrons. The lowest BCUT2D eigenvalue weighted by molar-refractivity contribution is 0.552. The minimum atomic E-state index is 0.665. The first kappa shape index (κ1) is 16.3. The predicted octanol–water partition coefficient (Wildman–Crippen LogP) is 4.32. The summed E-state index contributed by atoms with van der Waals surface area (Å²) in [5.41, 5.74) is 2.40. The van der Waals surface area contributed by atoms with Crippen molar-refractivity contribution in [1.29, 1.82) is 0 Å². The number of rotatable bonds is 8. The molecule has 0 spiro atoms. The van der Waals surface area contributed by atoms with E-state index in [4.69, 9.17) is 11.6 Å². The molecular formula is C16H27ClN2. The van der Waals surface area contributed by atoms with Crippen molar-refractivity contribution in [3.05, 3.63) is 28.8 Å². The first-order chi connectivity index (χ1) is 9.08. The van der Waals surface area contributed by atoms with Gasteiger partial charge in [0.25, 0.3) is 0 Å². The summed E-state index contributed by atoms with van der Waals surface area (Å²) in [6.07, 6.45) is 1.16. The lowest BCUT2D eigenvalue weighted by atomic mass is 10.1. The fourth-order valence-electron chi connectivity index (χ4n) is 2.11. The van der Waals surface area contributed by atoms with E-state index in [1.54, 1.807) is 0 Å². The van der Waals surface area contributed by atoms with E-state index >= 15 is 0 Å². The first-order valence-corrected chi connectivity index (χ1v) is 7.70. The maximum Gasteiger partial charge on any atom is 0.0471 e. The molecule has 1 rings (SSSR count). The summed E-state index contributed by atoms with van der Waals surface area (Å²) in [7, 11) is 0. The minimum absolute atomic E-state index is 0.665. The van der Waals surface area contributed by atoms with E-state index in [1.807, 2.05) is 0 Å². The van der Waals surface area contributed by atoms with Crippen LogP contribution in [0.5, 0.6) is 0 Å². The SMILES string of the molecule is CCCN(CC)c1ccc(CNCC(C)C)c(Cl)c1. The summed E-state index contributed by atoms with van der Waals surface area (Å²) in [6, 6.07) is 6.41. The molecule has 0 aliphatic carbocycles. The summed E-state index contributed by atoms with van der Waals surface area (Å²) in [5, 5.41) is 4.30. The molecule has 0 aromatic heterocycles. The van der Waals surface area contributed by atoms with Gasteiger partial charge in [0.2, 0.25) is 0 Å². The average Bonchev–Trinajstić information content (AvgIpc) is 2.37. The minimum Gasteiger partial charge on any atom is -0.372 e. The number of anilines is 1. The maximum absolute atomic E-state index is 6.38. The zero-order valence-corrected chi connectivity index (χ0v) is 13.4. The fraction of sp³-hybridized carbons (Fsp3) is 0.625. The average molecular weight is 283 g/mol. The zero-order valence-electron chi connectivity index (χ0n) is 12.7. The van der Waals surface area contributed by atoms with Gasteiger partial charge < -0.3 is 10.2 Å². The molecule has 3 heteroatoms. The maximum atomic E-state index is 6.38. The highest BCUT2D eigenvalue weighted by Crippen LogP contribution is 2.24. The second-order valence-electron chi connectivity index (χ2n) is 5.38. The van der Waals surface area contributed by atoms with Crippen LogP contribution in [-0.4, -0.2) is 19.6 Å². The monoisotopic (exact) mass is 282 g/mol. The Kier molecular flexibility index (Phi) is 7.25. The van der Waals surface area contributed by atoms with Gasteiger partial charge in [-0.2, -0.15) is 0 Å². The topological polar surface area (TPSA) is 15.3 Å². The van der Waals surface area contributed by atoms with E-state index < -0.39 is 0 Å². The molecular weight excluding hydrogens is 256 g/mol. The van der Waals surface area contributed by atoms with Crippen LogP contribution in [0.4, 0.5) is 5.69 Å². The van der Waals surface area contributed by atoms with E-state index in [2.05, 4.69) is 56.1 Å². The number of hydrogen-bond donors (Lipinski definition) is 1. The van der Waals surface area contributed by atoms with Gasteiger partial charge in [0.1, 0.15) is 0 Å². The molecule has 0 amide bonds. The molecule has 0 saturated carbocycles. The van der Waals surface area contributed by atoms with Crippen molar-refractivity contribution in [3.8, 4) is 0 Å². The van der Waals surface area contributed by atoms with Crippen LogP contribution in [0.2, 0.25) is 5.02 Å². The van der Waals surface area contributed by atoms with Gasteiger partial charge in [-0.1, -0.05) is 38.4 Å². The molecule has 0 fully saturated rings. The van der Waals surface area contributed by atoms with Crippen LogP contribution < -0.4 is 10.2 Å². The predicted molar refractivity (Wildman–Crippen MR) is 86.2 cm³/mol. The fourth-order valence-corrected chi connectivity index (χ4v) is 2.35. The van der Waals surface area contributed by atoms with E-state index in [1.165, 1.54) is 11.3 Å². The Labute approximate surface area is 123 Å². The smallest absolute Gasteiger partial charge is 0.0471 e. The van der Waals surface area contributed by atoms with Crippen LogP contribution >= 0.6 is 11.6 Å². The molecule has 0 aliphatic heterocycles. The number of benzene rings is 1. The summed E-state index contributed by atoms with van der Waals surface area (Å²) in [6.45, 7) is 12.8. The van der Waals surface area contributed by atoms with Gasteiger partial charge in [-0.05, 0) is 43.5 Å². The molecule has 2 nitrogen and oxygen atoms in total. The van der Waals surface area contributed by atoms with Crippen LogP contribution in [0, 0.1) is 5.92 Å². The van der Waals surface area contributed by atoms with Crippen molar-refractivity contribution < 1.29 is 0 Å².